The average molecular weight is 659 g/mol. The van der Waals surface area contributed by atoms with Crippen molar-refractivity contribution in [3.05, 3.63) is 120 Å². The van der Waals surface area contributed by atoms with Gasteiger partial charge in [-0.25, -0.2) is 0 Å². The normalized spacial score (nSPS) is 17.2. The predicted octanol–water partition coefficient (Wildman–Crippen LogP) is 6.31. The fourth-order valence-electron chi connectivity index (χ4n) is 6.79. The first-order valence-electron chi connectivity index (χ1n) is 17.0. The second-order valence-corrected chi connectivity index (χ2v) is 13.5. The monoisotopic (exact) mass is 658 g/mol. The maximum Gasteiger partial charge on any atom is 0.228 e. The summed E-state index contributed by atoms with van der Waals surface area (Å²) in [5, 5.41) is 14.1. The van der Waals surface area contributed by atoms with E-state index in [4.69, 9.17) is 4.74 Å². The van der Waals surface area contributed by atoms with Gasteiger partial charge >= 0.3 is 0 Å². The van der Waals surface area contributed by atoms with Crippen molar-refractivity contribution in [3.8, 4) is 16.9 Å². The fourth-order valence-corrected chi connectivity index (χ4v) is 6.79. The molecule has 0 unspecified atom stereocenters. The fraction of sp³-hybridized carbons (Fsp3) is 0.317. The van der Waals surface area contributed by atoms with Gasteiger partial charge in [0.2, 0.25) is 11.8 Å². The number of hydrogen-bond donors (Lipinski definition) is 2. The van der Waals surface area contributed by atoms with Crippen molar-refractivity contribution in [2.45, 2.75) is 45.4 Å². The van der Waals surface area contributed by atoms with Crippen LogP contribution in [0.3, 0.4) is 0 Å². The van der Waals surface area contributed by atoms with E-state index in [1.807, 2.05) is 85.4 Å². The number of aliphatic hydroxyl groups is 1. The molecule has 49 heavy (non-hydrogen) atoms. The second kappa shape index (κ2) is 15.1. The quantitative estimate of drug-likeness (QED) is 0.184. The van der Waals surface area contributed by atoms with Gasteiger partial charge in [0.1, 0.15) is 11.9 Å². The number of anilines is 1. The van der Waals surface area contributed by atoms with Crippen LogP contribution in [0.1, 0.15) is 30.5 Å². The molecule has 8 heteroatoms. The highest BCUT2D eigenvalue weighted by atomic mass is 16.5. The molecular formula is C41H46N4O4. The number of hydrogen-bond acceptors (Lipinski definition) is 5. The Labute approximate surface area is 288 Å². The molecule has 0 aliphatic carbocycles. The highest BCUT2D eigenvalue weighted by Crippen LogP contribution is 2.30. The SMILES string of the molecule is C[C@H]1CN([C@@H](C)CO)C(=O)Cc2cc(NC(=O)Cc3cn(C)c4ccccc34)ccc2O[C@@H]1CN(C)Cc1ccc(-c2ccccc2)cc1. The highest BCUT2D eigenvalue weighted by molar-refractivity contribution is 5.96. The van der Waals surface area contributed by atoms with Crippen LogP contribution in [0.5, 0.6) is 5.75 Å². The molecule has 6 rings (SSSR count). The summed E-state index contributed by atoms with van der Waals surface area (Å²) in [5.74, 6) is 0.417. The lowest BCUT2D eigenvalue weighted by Crippen LogP contribution is -2.47. The molecular weight excluding hydrogens is 612 g/mol. The van der Waals surface area contributed by atoms with Crippen LogP contribution in [-0.4, -0.2) is 70.2 Å². The van der Waals surface area contributed by atoms with Crippen LogP contribution in [0.15, 0.2) is 103 Å². The van der Waals surface area contributed by atoms with Crippen LogP contribution < -0.4 is 10.1 Å². The van der Waals surface area contributed by atoms with Gasteiger partial charge in [0, 0.05) is 61.0 Å². The van der Waals surface area contributed by atoms with Crippen molar-refractivity contribution in [3.63, 3.8) is 0 Å². The molecule has 2 heterocycles. The van der Waals surface area contributed by atoms with E-state index in [-0.39, 0.29) is 49.3 Å². The molecule has 0 radical (unpaired) electrons. The van der Waals surface area contributed by atoms with Gasteiger partial charge in [0.25, 0.3) is 0 Å². The number of carbonyl (C=O) groups excluding carboxylic acids is 2. The summed E-state index contributed by atoms with van der Waals surface area (Å²) in [6, 6.07) is 32.3. The summed E-state index contributed by atoms with van der Waals surface area (Å²) >= 11 is 0. The Bertz CT molecular complexity index is 1900. The number of nitrogens with one attached hydrogen (secondary N) is 1. The van der Waals surface area contributed by atoms with Crippen LogP contribution in [-0.2, 0) is 36.0 Å². The first-order valence-corrected chi connectivity index (χ1v) is 17.0. The molecule has 1 aliphatic heterocycles. The summed E-state index contributed by atoms with van der Waals surface area (Å²) in [6.45, 7) is 5.69. The van der Waals surface area contributed by atoms with Crippen molar-refractivity contribution in [1.29, 1.82) is 0 Å². The van der Waals surface area contributed by atoms with Gasteiger partial charge in [-0.3, -0.25) is 14.5 Å². The first kappa shape index (κ1) is 34.0. The van der Waals surface area contributed by atoms with Crippen LogP contribution in [0.4, 0.5) is 5.69 Å². The zero-order valence-electron chi connectivity index (χ0n) is 28.8. The molecule has 0 saturated heterocycles. The Morgan fingerprint density at radius 2 is 1.71 bits per heavy atom. The maximum atomic E-state index is 13.7. The molecule has 0 fully saturated rings. The van der Waals surface area contributed by atoms with E-state index in [2.05, 4.69) is 60.6 Å². The summed E-state index contributed by atoms with van der Waals surface area (Å²) in [4.78, 5) is 30.9. The van der Waals surface area contributed by atoms with Crippen LogP contribution in [0.25, 0.3) is 22.0 Å². The molecule has 1 aromatic heterocycles. The van der Waals surface area contributed by atoms with E-state index >= 15 is 0 Å². The largest absolute Gasteiger partial charge is 0.488 e. The number of aromatic nitrogens is 1. The number of aryl methyl sites for hydroxylation is 1. The lowest BCUT2D eigenvalue weighted by atomic mass is 10.0. The van der Waals surface area contributed by atoms with Crippen LogP contribution in [0.2, 0.25) is 0 Å². The lowest BCUT2D eigenvalue weighted by Gasteiger charge is -2.34. The van der Waals surface area contributed by atoms with Gasteiger partial charge in [-0.2, -0.15) is 0 Å². The molecule has 5 aromatic rings. The third-order valence-electron chi connectivity index (χ3n) is 9.54. The average Bonchev–Trinajstić information content (AvgIpc) is 3.43. The van der Waals surface area contributed by atoms with E-state index in [1.165, 1.54) is 16.7 Å². The molecule has 4 aromatic carbocycles. The van der Waals surface area contributed by atoms with E-state index < -0.39 is 0 Å². The summed E-state index contributed by atoms with van der Waals surface area (Å²) < 4.78 is 8.77. The van der Waals surface area contributed by atoms with Crippen molar-refractivity contribution in [1.82, 2.24) is 14.4 Å². The van der Waals surface area contributed by atoms with Gasteiger partial charge < -0.3 is 24.6 Å². The number of aliphatic hydroxyl groups excluding tert-OH is 1. The minimum atomic E-state index is -0.332. The molecule has 1 aliphatic rings. The molecule has 3 atom stereocenters. The molecule has 254 valence electrons. The summed E-state index contributed by atoms with van der Waals surface area (Å²) in [5.41, 5.74) is 6.94. The molecule has 8 nitrogen and oxygen atoms in total. The second-order valence-electron chi connectivity index (χ2n) is 13.5. The maximum absolute atomic E-state index is 13.7. The van der Waals surface area contributed by atoms with E-state index in [9.17, 15) is 14.7 Å². The Hall–Kier alpha value is -4.92. The van der Waals surface area contributed by atoms with Gasteiger partial charge in [0.15, 0.2) is 0 Å². The van der Waals surface area contributed by atoms with E-state index in [0.29, 0.717) is 30.1 Å². The molecule has 0 bridgehead atoms. The minimum Gasteiger partial charge on any atom is -0.488 e. The lowest BCUT2D eigenvalue weighted by molar-refractivity contribution is -0.134. The van der Waals surface area contributed by atoms with Gasteiger partial charge in [-0.05, 0) is 60.5 Å². The van der Waals surface area contributed by atoms with Crippen LogP contribution in [0, 0.1) is 5.92 Å². The van der Waals surface area contributed by atoms with E-state index in [0.717, 1.165) is 23.0 Å². The minimum absolute atomic E-state index is 0.00752. The third kappa shape index (κ3) is 8.04. The topological polar surface area (TPSA) is 87.0 Å². The number of ether oxygens (including phenoxy) is 1. The smallest absolute Gasteiger partial charge is 0.228 e. The predicted molar refractivity (Wildman–Crippen MR) is 195 cm³/mol. The van der Waals surface area contributed by atoms with Gasteiger partial charge in [-0.1, -0.05) is 79.7 Å². The van der Waals surface area contributed by atoms with Crippen molar-refractivity contribution >= 4 is 28.4 Å². The molecule has 0 spiro atoms. The summed E-state index contributed by atoms with van der Waals surface area (Å²) in [7, 11) is 4.07. The number of amides is 2. The van der Waals surface area contributed by atoms with Crippen LogP contribution >= 0.6 is 0 Å². The Morgan fingerprint density at radius 3 is 2.47 bits per heavy atom. The van der Waals surface area contributed by atoms with Crippen molar-refractivity contribution in [2.24, 2.45) is 13.0 Å². The molecule has 2 N–H and O–H groups in total. The van der Waals surface area contributed by atoms with Gasteiger partial charge in [0.05, 0.1) is 25.5 Å². The Balaban J connectivity index is 1.19. The zero-order valence-corrected chi connectivity index (χ0v) is 28.8. The number of nitrogens with zero attached hydrogens (tertiary/aromatic N) is 3. The van der Waals surface area contributed by atoms with Gasteiger partial charge in [-0.15, -0.1) is 0 Å². The zero-order chi connectivity index (χ0) is 34.5. The molecule has 2 amide bonds. The standard InChI is InChI=1S/C41H46N4O4/c1-28-23-45(29(2)27-46)41(48)22-33-20-35(42-40(47)21-34-25-44(4)37-13-9-8-12-36(34)37)18-19-38(33)49-39(28)26-43(3)24-30-14-16-32(17-15-30)31-10-6-5-7-11-31/h5-20,25,28-29,39,46H,21-24,26-27H2,1-4H3,(H,42,47)/t28-,29-,39+/m0/s1. The Kier molecular flexibility index (Phi) is 10.5. The first-order chi connectivity index (χ1) is 23.7. The summed E-state index contributed by atoms with van der Waals surface area (Å²) in [6.07, 6.45) is 2.11. The van der Waals surface area contributed by atoms with E-state index in [1.54, 1.807) is 4.90 Å². The number of para-hydroxylation sites is 1. The number of rotatable bonds is 10. The van der Waals surface area contributed by atoms with Crippen molar-refractivity contribution < 1.29 is 19.4 Å². The van der Waals surface area contributed by atoms with Crippen molar-refractivity contribution in [2.75, 3.05) is 32.1 Å². The number of carbonyl (C=O) groups is 2. The molecule has 0 saturated carbocycles. The third-order valence-corrected chi connectivity index (χ3v) is 9.54. The highest BCUT2D eigenvalue weighted by Gasteiger charge is 2.31. The number of benzene rings is 4. The number of likely N-dealkylation sites (N-methyl/N-ethyl adjacent to an activating group) is 1. The Morgan fingerprint density at radius 1 is 1.00 bits per heavy atom. The number of fused-ring (bicyclic) bond motifs is 2.